The van der Waals surface area contributed by atoms with Gasteiger partial charge in [0.1, 0.15) is 0 Å². The Hall–Kier alpha value is -2.47. The highest BCUT2D eigenvalue weighted by Crippen LogP contribution is 2.34. The topological polar surface area (TPSA) is 73.9 Å². The predicted molar refractivity (Wildman–Crippen MR) is 107 cm³/mol. The number of nitrogens with zero attached hydrogens (tertiary/aromatic N) is 5. The number of thiazole rings is 1. The fraction of sp³-hybridized carbons (Fsp3) is 0.222. The molecule has 130 valence electrons. The van der Waals surface area contributed by atoms with Crippen molar-refractivity contribution < 1.29 is 4.74 Å². The predicted octanol–water partition coefficient (Wildman–Crippen LogP) is 3.39. The van der Waals surface area contributed by atoms with Gasteiger partial charge in [-0.15, -0.1) is 4.99 Å². The van der Waals surface area contributed by atoms with E-state index in [1.54, 1.807) is 11.3 Å². The molecule has 1 aromatic heterocycles. The van der Waals surface area contributed by atoms with Crippen molar-refractivity contribution in [2.45, 2.75) is 0 Å². The van der Waals surface area contributed by atoms with Crippen LogP contribution in [0.4, 0.5) is 5.13 Å². The standard InChI is InChI=1S/C18H15N5OS2/c19-12-21-17-22-16(13-4-2-1-3-5-13)15(26-17)10-14-11-20-18(25-14)23-6-8-24-9-7-23/h1-5,10-11H,6-9H2. The fourth-order valence-electron chi connectivity index (χ4n) is 2.69. The maximum absolute atomic E-state index is 8.84. The third-order valence-corrected chi connectivity index (χ3v) is 5.80. The lowest BCUT2D eigenvalue weighted by molar-refractivity contribution is 0.122. The molecule has 2 aliphatic heterocycles. The number of aliphatic imine (C=N–C) groups is 2. The molecule has 0 unspecified atom stereocenters. The fourth-order valence-corrected chi connectivity index (χ4v) is 4.54. The monoisotopic (exact) mass is 381 g/mol. The number of allylic oxidation sites excluding steroid dienone is 1. The lowest BCUT2D eigenvalue weighted by atomic mass is 10.1. The molecule has 1 saturated heterocycles. The second kappa shape index (κ2) is 7.83. The van der Waals surface area contributed by atoms with Crippen molar-refractivity contribution in [3.8, 4) is 6.19 Å². The Morgan fingerprint density at radius 3 is 2.81 bits per heavy atom. The average Bonchev–Trinajstić information content (AvgIpc) is 3.31. The van der Waals surface area contributed by atoms with Crippen LogP contribution in [0.2, 0.25) is 0 Å². The van der Waals surface area contributed by atoms with Crippen molar-refractivity contribution in [3.05, 3.63) is 51.9 Å². The number of ether oxygens (including phenoxy) is 1. The SMILES string of the molecule is N#CN=C1N=C(c2ccccc2)C(=Cc2cnc(N3CCOCC3)s2)S1. The van der Waals surface area contributed by atoms with Crippen LogP contribution >= 0.6 is 23.1 Å². The molecule has 0 spiro atoms. The zero-order chi connectivity index (χ0) is 17.8. The van der Waals surface area contributed by atoms with Gasteiger partial charge in [0.05, 0.1) is 23.8 Å². The van der Waals surface area contributed by atoms with Crippen LogP contribution in [-0.4, -0.2) is 42.2 Å². The highest BCUT2D eigenvalue weighted by Gasteiger charge is 2.22. The maximum Gasteiger partial charge on any atom is 0.208 e. The van der Waals surface area contributed by atoms with Gasteiger partial charge in [0.2, 0.25) is 11.4 Å². The first-order valence-electron chi connectivity index (χ1n) is 8.13. The van der Waals surface area contributed by atoms with Crippen molar-refractivity contribution >= 4 is 45.2 Å². The molecule has 0 bridgehead atoms. The quantitative estimate of drug-likeness (QED) is 0.762. The summed E-state index contributed by atoms with van der Waals surface area (Å²) in [6, 6.07) is 9.94. The first-order valence-corrected chi connectivity index (χ1v) is 9.76. The van der Waals surface area contributed by atoms with Crippen LogP contribution in [0.3, 0.4) is 0 Å². The summed E-state index contributed by atoms with van der Waals surface area (Å²) in [4.78, 5) is 17.1. The number of morpholine rings is 1. The van der Waals surface area contributed by atoms with Crippen molar-refractivity contribution in [1.82, 2.24) is 4.98 Å². The average molecular weight is 381 g/mol. The number of thioether (sulfide) groups is 1. The number of amidine groups is 1. The number of rotatable bonds is 3. The van der Waals surface area contributed by atoms with E-state index in [2.05, 4.69) is 25.9 Å². The minimum absolute atomic E-state index is 0.468. The summed E-state index contributed by atoms with van der Waals surface area (Å²) in [5.41, 5.74) is 1.85. The summed E-state index contributed by atoms with van der Waals surface area (Å²) in [7, 11) is 0. The largest absolute Gasteiger partial charge is 0.378 e. The van der Waals surface area contributed by atoms with Gasteiger partial charge in [0.15, 0.2) is 5.13 Å². The normalized spacial score (nSPS) is 20.4. The second-order valence-corrected chi connectivity index (χ2v) is 7.63. The Balaban J connectivity index is 1.63. The molecule has 0 saturated carbocycles. The van der Waals surface area contributed by atoms with Gasteiger partial charge in [0.25, 0.3) is 0 Å². The minimum Gasteiger partial charge on any atom is -0.378 e. The zero-order valence-corrected chi connectivity index (χ0v) is 15.5. The lowest BCUT2D eigenvalue weighted by Gasteiger charge is -2.25. The third kappa shape index (κ3) is 3.70. The second-order valence-electron chi connectivity index (χ2n) is 5.58. The molecule has 2 aromatic rings. The van der Waals surface area contributed by atoms with Crippen LogP contribution in [0, 0.1) is 11.5 Å². The molecular weight excluding hydrogens is 366 g/mol. The van der Waals surface area contributed by atoms with Crippen LogP contribution < -0.4 is 4.90 Å². The molecule has 0 amide bonds. The van der Waals surface area contributed by atoms with Crippen LogP contribution in [0.5, 0.6) is 0 Å². The van der Waals surface area contributed by atoms with Crippen molar-refractivity contribution in [2.24, 2.45) is 9.98 Å². The van der Waals surface area contributed by atoms with Gasteiger partial charge in [-0.25, -0.2) is 9.98 Å². The molecule has 3 heterocycles. The van der Waals surface area contributed by atoms with Crippen LogP contribution in [-0.2, 0) is 4.74 Å². The van der Waals surface area contributed by atoms with E-state index in [9.17, 15) is 0 Å². The Morgan fingerprint density at radius 1 is 1.23 bits per heavy atom. The summed E-state index contributed by atoms with van der Waals surface area (Å²) in [6.07, 6.45) is 5.77. The summed E-state index contributed by atoms with van der Waals surface area (Å²) in [6.45, 7) is 3.22. The Kier molecular flexibility index (Phi) is 5.11. The van der Waals surface area contributed by atoms with Crippen molar-refractivity contribution in [3.63, 3.8) is 0 Å². The summed E-state index contributed by atoms with van der Waals surface area (Å²) < 4.78 is 5.40. The van der Waals surface area contributed by atoms with Gasteiger partial charge >= 0.3 is 0 Å². The van der Waals surface area contributed by atoms with E-state index in [1.165, 1.54) is 11.8 Å². The number of nitriles is 1. The Labute approximate surface area is 159 Å². The molecule has 1 fully saturated rings. The first-order chi connectivity index (χ1) is 12.8. The van der Waals surface area contributed by atoms with Crippen LogP contribution in [0.25, 0.3) is 6.08 Å². The van der Waals surface area contributed by atoms with Crippen molar-refractivity contribution in [1.29, 1.82) is 5.26 Å². The summed E-state index contributed by atoms with van der Waals surface area (Å²) >= 11 is 3.06. The van der Waals surface area contributed by atoms with Gasteiger partial charge in [-0.2, -0.15) is 5.26 Å². The van der Waals surface area contributed by atoms with Gasteiger partial charge in [-0.3, -0.25) is 0 Å². The van der Waals surface area contributed by atoms with E-state index >= 15 is 0 Å². The zero-order valence-electron chi connectivity index (χ0n) is 13.8. The molecule has 0 aliphatic carbocycles. The maximum atomic E-state index is 8.84. The van der Waals surface area contributed by atoms with Crippen LogP contribution in [0.15, 0.2) is 51.4 Å². The summed E-state index contributed by atoms with van der Waals surface area (Å²) in [5, 5.41) is 10.3. The Bertz CT molecular complexity index is 921. The molecule has 1 aromatic carbocycles. The van der Waals surface area contributed by atoms with Crippen molar-refractivity contribution in [2.75, 3.05) is 31.2 Å². The third-order valence-electron chi connectivity index (χ3n) is 3.90. The van der Waals surface area contributed by atoms with E-state index in [-0.39, 0.29) is 0 Å². The molecule has 2 aliphatic rings. The van der Waals surface area contributed by atoms with Gasteiger partial charge in [-0.1, -0.05) is 41.7 Å². The molecule has 8 heteroatoms. The van der Waals surface area contributed by atoms with E-state index in [1.807, 2.05) is 42.7 Å². The van der Waals surface area contributed by atoms with E-state index in [4.69, 9.17) is 10.00 Å². The molecule has 0 N–H and O–H groups in total. The van der Waals surface area contributed by atoms with E-state index < -0.39 is 0 Å². The first kappa shape index (κ1) is 17.0. The van der Waals surface area contributed by atoms with E-state index in [0.29, 0.717) is 5.17 Å². The molecule has 26 heavy (non-hydrogen) atoms. The highest BCUT2D eigenvalue weighted by molar-refractivity contribution is 8.18. The van der Waals surface area contributed by atoms with E-state index in [0.717, 1.165) is 52.5 Å². The van der Waals surface area contributed by atoms with Crippen LogP contribution in [0.1, 0.15) is 10.4 Å². The lowest BCUT2D eigenvalue weighted by Crippen LogP contribution is -2.36. The molecule has 0 radical (unpaired) electrons. The number of benzene rings is 1. The molecular formula is C18H15N5OS2. The smallest absolute Gasteiger partial charge is 0.208 e. The Morgan fingerprint density at radius 2 is 2.04 bits per heavy atom. The number of anilines is 1. The number of aromatic nitrogens is 1. The van der Waals surface area contributed by atoms with Gasteiger partial charge in [-0.05, 0) is 17.8 Å². The highest BCUT2D eigenvalue weighted by atomic mass is 32.2. The summed E-state index contributed by atoms with van der Waals surface area (Å²) in [5.74, 6) is 0. The molecule has 0 atom stereocenters. The molecule has 4 rings (SSSR count). The molecule has 6 nitrogen and oxygen atoms in total. The number of hydrogen-bond acceptors (Lipinski definition) is 7. The number of hydrogen-bond donors (Lipinski definition) is 0. The van der Waals surface area contributed by atoms with Gasteiger partial charge in [0, 0.05) is 29.8 Å². The minimum atomic E-state index is 0.468. The van der Waals surface area contributed by atoms with Gasteiger partial charge < -0.3 is 9.64 Å².